The smallest absolute Gasteiger partial charge is 0.208 e. The summed E-state index contributed by atoms with van der Waals surface area (Å²) < 4.78 is 28.5. The first kappa shape index (κ1) is 17.5. The first-order valence-corrected chi connectivity index (χ1v) is 10.0. The monoisotopic (exact) mass is 413 g/mol. The van der Waals surface area contributed by atoms with Crippen molar-refractivity contribution >= 4 is 49.2 Å². The lowest BCUT2D eigenvalue weighted by Crippen LogP contribution is -2.39. The van der Waals surface area contributed by atoms with Gasteiger partial charge in [-0.15, -0.1) is 0 Å². The fraction of sp³-hybridized carbons (Fsp3) is 0.571. The minimum Gasteiger partial charge on any atom is -0.208 e. The second-order valence-corrected chi connectivity index (χ2v) is 8.89. The van der Waals surface area contributed by atoms with Crippen LogP contribution in [0, 0.1) is 5.92 Å². The van der Waals surface area contributed by atoms with Gasteiger partial charge in [-0.3, -0.25) is 0 Å². The molecule has 1 N–H and O–H groups in total. The molecule has 1 aromatic rings. The van der Waals surface area contributed by atoms with Crippen molar-refractivity contribution in [2.24, 2.45) is 5.92 Å². The van der Waals surface area contributed by atoms with Gasteiger partial charge in [0.15, 0.2) is 0 Å². The molecule has 0 spiro atoms. The molecule has 0 saturated heterocycles. The highest BCUT2D eigenvalue weighted by molar-refractivity contribution is 9.10. The minimum atomic E-state index is -3.72. The van der Waals surface area contributed by atoms with Crippen molar-refractivity contribution in [2.75, 3.05) is 0 Å². The molecule has 1 aromatic carbocycles. The van der Waals surface area contributed by atoms with E-state index in [-0.39, 0.29) is 21.0 Å². The van der Waals surface area contributed by atoms with E-state index in [0.29, 0.717) is 10.4 Å². The maximum Gasteiger partial charge on any atom is 0.243 e. The Hall–Kier alpha value is 0.190. The number of hydrogen-bond donors (Lipinski definition) is 1. The lowest BCUT2D eigenvalue weighted by molar-refractivity contribution is 0.303. The van der Waals surface area contributed by atoms with Gasteiger partial charge in [0, 0.05) is 10.5 Å². The van der Waals surface area contributed by atoms with Crippen LogP contribution < -0.4 is 4.72 Å². The molecule has 1 saturated carbocycles. The van der Waals surface area contributed by atoms with E-state index in [2.05, 4.69) is 20.7 Å². The number of benzene rings is 1. The molecule has 2 rings (SSSR count). The van der Waals surface area contributed by atoms with Gasteiger partial charge in [0.2, 0.25) is 10.0 Å². The van der Waals surface area contributed by atoms with Gasteiger partial charge in [-0.05, 0) is 37.8 Å². The molecule has 0 radical (unpaired) electrons. The first-order chi connectivity index (χ1) is 9.81. The second kappa shape index (κ2) is 7.18. The molecule has 3 nitrogen and oxygen atoms in total. The van der Waals surface area contributed by atoms with Gasteiger partial charge < -0.3 is 0 Å². The maximum atomic E-state index is 12.5. The summed E-state index contributed by atoms with van der Waals surface area (Å²) in [5.74, 6) is 0.376. The van der Waals surface area contributed by atoms with Crippen LogP contribution >= 0.6 is 39.1 Å². The highest BCUT2D eigenvalue weighted by Gasteiger charge is 2.28. The summed E-state index contributed by atoms with van der Waals surface area (Å²) in [4.78, 5) is -0.0447. The normalized spacial score (nSPS) is 18.7. The van der Waals surface area contributed by atoms with Crippen LogP contribution in [0.15, 0.2) is 21.5 Å². The van der Waals surface area contributed by atoms with E-state index in [0.717, 1.165) is 25.7 Å². The van der Waals surface area contributed by atoms with Crippen LogP contribution in [0.1, 0.15) is 39.0 Å². The van der Waals surface area contributed by atoms with Crippen LogP contribution in [-0.4, -0.2) is 14.5 Å². The number of sulfonamides is 1. The van der Waals surface area contributed by atoms with Crippen LogP contribution in [0.25, 0.3) is 0 Å². The molecule has 1 unspecified atom stereocenters. The van der Waals surface area contributed by atoms with Gasteiger partial charge in [0.25, 0.3) is 0 Å². The summed E-state index contributed by atoms with van der Waals surface area (Å²) >= 11 is 15.4. The molecule has 1 atom stereocenters. The largest absolute Gasteiger partial charge is 0.243 e. The summed E-state index contributed by atoms with van der Waals surface area (Å²) in [6, 6.07) is 2.95. The third-order valence-electron chi connectivity index (χ3n) is 3.93. The Balaban J connectivity index is 2.22. The zero-order valence-corrected chi connectivity index (χ0v) is 15.6. The zero-order valence-electron chi connectivity index (χ0n) is 11.7. The molecule has 1 fully saturated rings. The van der Waals surface area contributed by atoms with Crippen molar-refractivity contribution < 1.29 is 8.42 Å². The fourth-order valence-corrected chi connectivity index (χ4v) is 6.07. The number of halogens is 3. The summed E-state index contributed by atoms with van der Waals surface area (Å²) in [5.41, 5.74) is 0. The highest BCUT2D eigenvalue weighted by Crippen LogP contribution is 2.34. The average molecular weight is 415 g/mol. The topological polar surface area (TPSA) is 46.2 Å². The Bertz CT molecular complexity index is 592. The lowest BCUT2D eigenvalue weighted by atomic mass is 9.85. The summed E-state index contributed by atoms with van der Waals surface area (Å²) in [5, 5.41) is 0.246. The van der Waals surface area contributed by atoms with Crippen molar-refractivity contribution in [3.63, 3.8) is 0 Å². The molecule has 0 aliphatic heterocycles. The van der Waals surface area contributed by atoms with E-state index >= 15 is 0 Å². The van der Waals surface area contributed by atoms with E-state index in [4.69, 9.17) is 23.2 Å². The molecular formula is C14H18BrCl2NO2S. The van der Waals surface area contributed by atoms with Crippen LogP contribution in [0.4, 0.5) is 0 Å². The van der Waals surface area contributed by atoms with E-state index in [1.54, 1.807) is 0 Å². The fourth-order valence-electron chi connectivity index (χ4n) is 2.82. The Kier molecular flexibility index (Phi) is 5.99. The quantitative estimate of drug-likeness (QED) is 0.752. The standard InChI is InChI=1S/C14H18BrCl2NO2S/c1-9(10-5-3-2-4-6-10)18-21(19,20)14-12(16)7-11(15)8-13(14)17/h7-10,18H,2-6H2,1H3. The van der Waals surface area contributed by atoms with Crippen molar-refractivity contribution in [3.05, 3.63) is 26.7 Å². The minimum absolute atomic E-state index is 0.0447. The van der Waals surface area contributed by atoms with Crippen LogP contribution in [0.5, 0.6) is 0 Å². The Morgan fingerprint density at radius 1 is 1.19 bits per heavy atom. The zero-order chi connectivity index (χ0) is 15.6. The molecule has 7 heteroatoms. The van der Waals surface area contributed by atoms with Gasteiger partial charge in [0.05, 0.1) is 10.0 Å². The van der Waals surface area contributed by atoms with E-state index < -0.39 is 10.0 Å². The molecule has 0 amide bonds. The van der Waals surface area contributed by atoms with Gasteiger partial charge in [0.1, 0.15) is 4.90 Å². The van der Waals surface area contributed by atoms with Gasteiger partial charge >= 0.3 is 0 Å². The van der Waals surface area contributed by atoms with Gasteiger partial charge in [-0.2, -0.15) is 0 Å². The van der Waals surface area contributed by atoms with E-state index in [9.17, 15) is 8.42 Å². The van der Waals surface area contributed by atoms with Crippen molar-refractivity contribution in [3.8, 4) is 0 Å². The third kappa shape index (κ3) is 4.35. The van der Waals surface area contributed by atoms with E-state index in [1.807, 2.05) is 6.92 Å². The van der Waals surface area contributed by atoms with Crippen molar-refractivity contribution in [1.82, 2.24) is 4.72 Å². The molecular weight excluding hydrogens is 397 g/mol. The summed E-state index contributed by atoms with van der Waals surface area (Å²) in [6.45, 7) is 1.91. The highest BCUT2D eigenvalue weighted by atomic mass is 79.9. The molecule has 118 valence electrons. The summed E-state index contributed by atoms with van der Waals surface area (Å²) in [7, 11) is -3.72. The molecule has 1 aliphatic carbocycles. The Morgan fingerprint density at radius 3 is 2.24 bits per heavy atom. The predicted molar refractivity (Wildman–Crippen MR) is 90.5 cm³/mol. The van der Waals surface area contributed by atoms with Gasteiger partial charge in [-0.25, -0.2) is 13.1 Å². The molecule has 0 aromatic heterocycles. The van der Waals surface area contributed by atoms with Crippen LogP contribution in [0.2, 0.25) is 10.0 Å². The number of nitrogens with one attached hydrogen (secondary N) is 1. The van der Waals surface area contributed by atoms with Gasteiger partial charge in [-0.1, -0.05) is 58.4 Å². The van der Waals surface area contributed by atoms with Crippen molar-refractivity contribution in [2.45, 2.75) is 50.0 Å². The molecule has 0 heterocycles. The third-order valence-corrected chi connectivity index (χ3v) is 6.87. The lowest BCUT2D eigenvalue weighted by Gasteiger charge is -2.28. The van der Waals surface area contributed by atoms with Crippen LogP contribution in [0.3, 0.4) is 0 Å². The molecule has 1 aliphatic rings. The molecule has 21 heavy (non-hydrogen) atoms. The number of hydrogen-bond acceptors (Lipinski definition) is 2. The summed E-state index contributed by atoms with van der Waals surface area (Å²) in [6.07, 6.45) is 5.68. The predicted octanol–water partition coefficient (Wildman–Crippen LogP) is 5.00. The molecule has 0 bridgehead atoms. The maximum absolute atomic E-state index is 12.5. The number of rotatable bonds is 4. The SMILES string of the molecule is CC(NS(=O)(=O)c1c(Cl)cc(Br)cc1Cl)C1CCCCC1. The second-order valence-electron chi connectivity index (χ2n) is 5.51. The Morgan fingerprint density at radius 2 is 1.71 bits per heavy atom. The Labute approximate surface area is 144 Å². The first-order valence-electron chi connectivity index (χ1n) is 6.98. The van der Waals surface area contributed by atoms with Crippen LogP contribution in [-0.2, 0) is 10.0 Å². The average Bonchev–Trinajstić information content (AvgIpc) is 2.37. The van der Waals surface area contributed by atoms with E-state index in [1.165, 1.54) is 18.6 Å². The van der Waals surface area contributed by atoms with Crippen molar-refractivity contribution in [1.29, 1.82) is 0 Å².